The van der Waals surface area contributed by atoms with Gasteiger partial charge in [0.15, 0.2) is 17.3 Å². The third kappa shape index (κ3) is 3.74. The molecule has 1 fully saturated rings. The van der Waals surface area contributed by atoms with Gasteiger partial charge in [0.2, 0.25) is 0 Å². The zero-order chi connectivity index (χ0) is 24.8. The normalized spacial score (nSPS) is 28.4. The van der Waals surface area contributed by atoms with Gasteiger partial charge in [0, 0.05) is 5.56 Å². The minimum absolute atomic E-state index is 0.0138. The molecule has 3 atom stereocenters. The van der Waals surface area contributed by atoms with E-state index in [1.807, 2.05) is 47.6 Å². The van der Waals surface area contributed by atoms with E-state index in [1.165, 1.54) is 5.57 Å². The molecule has 1 N–H and O–H groups in total. The monoisotopic (exact) mass is 448 g/mol. The average Bonchev–Trinajstić information content (AvgIpc) is 2.76. The number of rotatable bonds is 6. The van der Waals surface area contributed by atoms with Crippen molar-refractivity contribution < 1.29 is 19.5 Å². The maximum atomic E-state index is 14.1. The van der Waals surface area contributed by atoms with Crippen molar-refractivity contribution in [3.05, 3.63) is 70.5 Å². The smallest absolute Gasteiger partial charge is 0.200 e. The molecule has 1 aromatic rings. The SMILES string of the molecule is CC(C)=CC[C@H]1C[C@@]2(CC=C(C)C)C(=O)C(C(=O)c3ccccc3)=C(O)[C@](C)(C2=O)C1(C)C. The number of benzene rings is 1. The largest absolute Gasteiger partial charge is 0.510 e. The van der Waals surface area contributed by atoms with Crippen LogP contribution in [0.1, 0.15) is 78.1 Å². The lowest BCUT2D eigenvalue weighted by Crippen LogP contribution is -2.65. The lowest BCUT2D eigenvalue weighted by atomic mass is 9.41. The Bertz CT molecular complexity index is 1080. The van der Waals surface area contributed by atoms with Crippen LogP contribution >= 0.6 is 0 Å². The Morgan fingerprint density at radius 1 is 1.00 bits per heavy atom. The predicted molar refractivity (Wildman–Crippen MR) is 131 cm³/mol. The van der Waals surface area contributed by atoms with Crippen molar-refractivity contribution in [1.29, 1.82) is 0 Å². The Hall–Kier alpha value is -2.75. The van der Waals surface area contributed by atoms with Gasteiger partial charge in [-0.15, -0.1) is 0 Å². The van der Waals surface area contributed by atoms with Gasteiger partial charge in [-0.1, -0.05) is 67.5 Å². The van der Waals surface area contributed by atoms with Crippen molar-refractivity contribution in [3.8, 4) is 0 Å². The van der Waals surface area contributed by atoms with Crippen molar-refractivity contribution >= 4 is 17.3 Å². The zero-order valence-electron chi connectivity index (χ0n) is 20.9. The first kappa shape index (κ1) is 24.9. The van der Waals surface area contributed by atoms with E-state index in [0.717, 1.165) is 5.57 Å². The van der Waals surface area contributed by atoms with Gasteiger partial charge in [-0.2, -0.15) is 0 Å². The Balaban J connectivity index is 2.31. The van der Waals surface area contributed by atoms with E-state index >= 15 is 0 Å². The standard InChI is InChI=1S/C29H36O4/c1-18(2)13-14-21-17-29(16-15-19(3)4)25(32)22(23(30)20-11-9-8-10-12-20)24(31)28(7,26(29)33)27(21,5)6/h8-13,15,21,31H,14,16-17H2,1-7H3/t21-,28+,29-/m0/s1. The van der Waals surface area contributed by atoms with Crippen LogP contribution in [0.2, 0.25) is 0 Å². The number of aliphatic hydroxyl groups excluding tert-OH is 1. The molecular weight excluding hydrogens is 412 g/mol. The van der Waals surface area contributed by atoms with Gasteiger partial charge in [-0.05, 0) is 65.2 Å². The van der Waals surface area contributed by atoms with Crippen LogP contribution in [0, 0.1) is 22.2 Å². The highest BCUT2D eigenvalue weighted by atomic mass is 16.3. The number of carbonyl (C=O) groups excluding carboxylic acids is 3. The molecule has 3 rings (SSSR count). The number of Topliss-reactive ketones (excluding diaryl/α,β-unsaturated/α-hetero) is 3. The Morgan fingerprint density at radius 3 is 2.12 bits per heavy atom. The van der Waals surface area contributed by atoms with Crippen molar-refractivity contribution in [3.63, 3.8) is 0 Å². The number of allylic oxidation sites excluding steroid dienone is 6. The fourth-order valence-electron chi connectivity index (χ4n) is 5.50. The topological polar surface area (TPSA) is 71.4 Å². The lowest BCUT2D eigenvalue weighted by Gasteiger charge is -2.59. The first-order valence-electron chi connectivity index (χ1n) is 11.7. The Morgan fingerprint density at radius 2 is 1.58 bits per heavy atom. The van der Waals surface area contributed by atoms with Gasteiger partial charge in [0.1, 0.15) is 11.3 Å². The maximum absolute atomic E-state index is 14.1. The van der Waals surface area contributed by atoms with E-state index < -0.39 is 27.8 Å². The molecule has 0 radical (unpaired) electrons. The van der Waals surface area contributed by atoms with Gasteiger partial charge >= 0.3 is 0 Å². The van der Waals surface area contributed by atoms with Crippen molar-refractivity contribution in [1.82, 2.24) is 0 Å². The molecule has 0 spiro atoms. The third-order valence-corrected chi connectivity index (χ3v) is 8.10. The van der Waals surface area contributed by atoms with Crippen LogP contribution in [-0.4, -0.2) is 22.5 Å². The summed E-state index contributed by atoms with van der Waals surface area (Å²) in [4.78, 5) is 41.7. The molecule has 176 valence electrons. The molecule has 2 aliphatic rings. The quantitative estimate of drug-likeness (QED) is 0.231. The number of aliphatic hydroxyl groups is 1. The van der Waals surface area contributed by atoms with Crippen LogP contribution in [-0.2, 0) is 9.59 Å². The van der Waals surface area contributed by atoms with E-state index in [-0.39, 0.29) is 29.5 Å². The summed E-state index contributed by atoms with van der Waals surface area (Å²) in [5.74, 6) is -1.70. The van der Waals surface area contributed by atoms with Gasteiger partial charge < -0.3 is 5.11 Å². The molecule has 4 nitrogen and oxygen atoms in total. The summed E-state index contributed by atoms with van der Waals surface area (Å²) in [6, 6.07) is 8.51. The highest BCUT2D eigenvalue weighted by Crippen LogP contribution is 2.65. The van der Waals surface area contributed by atoms with E-state index in [1.54, 1.807) is 37.3 Å². The molecule has 33 heavy (non-hydrogen) atoms. The molecule has 2 aliphatic carbocycles. The fraction of sp³-hybridized carbons (Fsp3) is 0.483. The van der Waals surface area contributed by atoms with Crippen molar-refractivity contribution in [2.45, 2.75) is 67.7 Å². The zero-order valence-corrected chi connectivity index (χ0v) is 20.9. The summed E-state index contributed by atoms with van der Waals surface area (Å²) in [7, 11) is 0. The van der Waals surface area contributed by atoms with Gasteiger partial charge in [-0.3, -0.25) is 14.4 Å². The number of fused-ring (bicyclic) bond motifs is 2. The van der Waals surface area contributed by atoms with Gasteiger partial charge in [0.05, 0.1) is 10.8 Å². The second-order valence-electron chi connectivity index (χ2n) is 10.9. The summed E-state index contributed by atoms with van der Waals surface area (Å²) < 4.78 is 0. The second-order valence-corrected chi connectivity index (χ2v) is 10.9. The molecule has 1 saturated carbocycles. The van der Waals surface area contributed by atoms with Crippen LogP contribution in [0.3, 0.4) is 0 Å². The Labute approximate surface area is 197 Å². The van der Waals surface area contributed by atoms with Crippen LogP contribution in [0.25, 0.3) is 0 Å². The first-order valence-corrected chi connectivity index (χ1v) is 11.7. The number of hydrogen-bond acceptors (Lipinski definition) is 4. The molecule has 0 aliphatic heterocycles. The molecule has 0 saturated heterocycles. The lowest BCUT2D eigenvalue weighted by molar-refractivity contribution is -0.167. The maximum Gasteiger partial charge on any atom is 0.200 e. The molecule has 1 aromatic carbocycles. The van der Waals surface area contributed by atoms with E-state index in [9.17, 15) is 19.5 Å². The summed E-state index contributed by atoms with van der Waals surface area (Å²) in [6.07, 6.45) is 5.36. The molecular formula is C29H36O4. The van der Waals surface area contributed by atoms with E-state index in [4.69, 9.17) is 0 Å². The van der Waals surface area contributed by atoms with Gasteiger partial charge in [0.25, 0.3) is 0 Å². The van der Waals surface area contributed by atoms with Crippen LogP contribution < -0.4 is 0 Å². The molecule has 0 amide bonds. The molecule has 2 bridgehead atoms. The number of hydrogen-bond donors (Lipinski definition) is 1. The van der Waals surface area contributed by atoms with Crippen LogP contribution in [0.15, 0.2) is 65.0 Å². The third-order valence-electron chi connectivity index (χ3n) is 8.10. The van der Waals surface area contributed by atoms with Crippen molar-refractivity contribution in [2.75, 3.05) is 0 Å². The summed E-state index contributed by atoms with van der Waals surface area (Å²) >= 11 is 0. The Kier molecular flexibility index (Phi) is 6.45. The predicted octanol–water partition coefficient (Wildman–Crippen LogP) is 6.58. The molecule has 0 heterocycles. The summed E-state index contributed by atoms with van der Waals surface area (Å²) in [5.41, 5.74) is -1.06. The minimum atomic E-state index is -1.35. The van der Waals surface area contributed by atoms with Crippen LogP contribution in [0.5, 0.6) is 0 Å². The average molecular weight is 449 g/mol. The van der Waals surface area contributed by atoms with E-state index in [2.05, 4.69) is 6.08 Å². The highest BCUT2D eigenvalue weighted by Gasteiger charge is 2.70. The van der Waals surface area contributed by atoms with E-state index in [0.29, 0.717) is 18.4 Å². The van der Waals surface area contributed by atoms with Gasteiger partial charge in [-0.25, -0.2) is 0 Å². The molecule has 0 unspecified atom stereocenters. The summed E-state index contributed by atoms with van der Waals surface area (Å²) in [5, 5.41) is 11.5. The number of carbonyl (C=O) groups is 3. The molecule has 0 aromatic heterocycles. The summed E-state index contributed by atoms with van der Waals surface area (Å²) in [6.45, 7) is 13.6. The van der Waals surface area contributed by atoms with Crippen molar-refractivity contribution in [2.24, 2.45) is 22.2 Å². The highest BCUT2D eigenvalue weighted by molar-refractivity contribution is 6.34. The molecule has 4 heteroatoms. The van der Waals surface area contributed by atoms with Crippen LogP contribution in [0.4, 0.5) is 0 Å². The number of ketones is 3. The minimum Gasteiger partial charge on any atom is -0.510 e. The fourth-order valence-corrected chi connectivity index (χ4v) is 5.50. The second kappa shape index (κ2) is 8.55. The first-order chi connectivity index (χ1) is 15.3.